The van der Waals surface area contributed by atoms with Gasteiger partial charge < -0.3 is 14.5 Å². The molecule has 0 fully saturated rings. The summed E-state index contributed by atoms with van der Waals surface area (Å²) in [4.78, 5) is 0. The van der Waals surface area contributed by atoms with Crippen molar-refractivity contribution < 1.29 is 9.15 Å². The van der Waals surface area contributed by atoms with E-state index in [2.05, 4.69) is 27.5 Å². The van der Waals surface area contributed by atoms with Crippen molar-refractivity contribution in [2.45, 2.75) is 12.3 Å². The molecule has 0 aliphatic carbocycles. The van der Waals surface area contributed by atoms with Gasteiger partial charge in [0.05, 0.1) is 19.4 Å². The number of rotatable bonds is 6. The Morgan fingerprint density at radius 1 is 1.26 bits per heavy atom. The third-order valence-electron chi connectivity index (χ3n) is 2.58. The Bertz CT molecular complexity index is 542. The van der Waals surface area contributed by atoms with Crippen LogP contribution in [0.5, 0.6) is 5.75 Å². The van der Waals surface area contributed by atoms with Gasteiger partial charge in [-0.2, -0.15) is 11.8 Å². The molecule has 0 atom stereocenters. The largest absolute Gasteiger partial charge is 0.497 e. The molecule has 5 heteroatoms. The molecule has 19 heavy (non-hydrogen) atoms. The molecule has 1 aromatic heterocycles. The fourth-order valence-corrected chi connectivity index (χ4v) is 2.62. The summed E-state index contributed by atoms with van der Waals surface area (Å²) in [6, 6.07) is 9.92. The fourth-order valence-electron chi connectivity index (χ4n) is 1.71. The van der Waals surface area contributed by atoms with Crippen LogP contribution in [0, 0.1) is 0 Å². The zero-order valence-electron chi connectivity index (χ0n) is 10.9. The quantitative estimate of drug-likeness (QED) is 0.837. The fraction of sp³-hybridized carbons (Fsp3) is 0.286. The van der Waals surface area contributed by atoms with E-state index in [0.717, 1.165) is 33.2 Å². The lowest BCUT2D eigenvalue weighted by molar-refractivity contribution is 0.414. The van der Waals surface area contributed by atoms with Gasteiger partial charge >= 0.3 is 0 Å². The van der Waals surface area contributed by atoms with Crippen molar-refractivity contribution in [3.8, 4) is 5.75 Å². The lowest BCUT2D eigenvalue weighted by Gasteiger charge is -2.08. The highest BCUT2D eigenvalue weighted by molar-refractivity contribution is 9.10. The standard InChI is InChI=1S/C14H16BrNO2S/c1-17-14-6-10(15)5-11(7-14)16-8-12-3-4-13(18-12)9-19-2/h3-7,16H,8-9H2,1-2H3. The van der Waals surface area contributed by atoms with E-state index < -0.39 is 0 Å². The number of nitrogens with one attached hydrogen (secondary N) is 1. The first-order valence-corrected chi connectivity index (χ1v) is 8.05. The van der Waals surface area contributed by atoms with Crippen LogP contribution in [0.4, 0.5) is 5.69 Å². The molecule has 2 rings (SSSR count). The van der Waals surface area contributed by atoms with Crippen LogP contribution in [0.2, 0.25) is 0 Å². The molecule has 0 aliphatic rings. The van der Waals surface area contributed by atoms with Crippen molar-refractivity contribution >= 4 is 33.4 Å². The lowest BCUT2D eigenvalue weighted by atomic mass is 10.3. The average Bonchev–Trinajstić information content (AvgIpc) is 2.84. The summed E-state index contributed by atoms with van der Waals surface area (Å²) in [5, 5.41) is 3.32. The van der Waals surface area contributed by atoms with Crippen LogP contribution in [-0.2, 0) is 12.3 Å². The van der Waals surface area contributed by atoms with E-state index >= 15 is 0 Å². The number of halogens is 1. The third kappa shape index (κ3) is 4.21. The van der Waals surface area contributed by atoms with Crippen molar-refractivity contribution in [1.29, 1.82) is 0 Å². The number of benzene rings is 1. The van der Waals surface area contributed by atoms with Crippen LogP contribution in [0.15, 0.2) is 39.2 Å². The molecule has 1 aromatic carbocycles. The summed E-state index contributed by atoms with van der Waals surface area (Å²) < 4.78 is 11.9. The summed E-state index contributed by atoms with van der Waals surface area (Å²) in [5.74, 6) is 3.67. The molecule has 0 aliphatic heterocycles. The average molecular weight is 342 g/mol. The van der Waals surface area contributed by atoms with Crippen molar-refractivity contribution in [3.05, 3.63) is 46.3 Å². The third-order valence-corrected chi connectivity index (χ3v) is 3.61. The predicted molar refractivity (Wildman–Crippen MR) is 83.9 cm³/mol. The topological polar surface area (TPSA) is 34.4 Å². The van der Waals surface area contributed by atoms with Crippen molar-refractivity contribution in [3.63, 3.8) is 0 Å². The van der Waals surface area contributed by atoms with Crippen LogP contribution in [0.3, 0.4) is 0 Å². The van der Waals surface area contributed by atoms with Crippen molar-refractivity contribution in [1.82, 2.24) is 0 Å². The van der Waals surface area contributed by atoms with Crippen molar-refractivity contribution in [2.75, 3.05) is 18.7 Å². The molecule has 1 N–H and O–H groups in total. The number of furan rings is 1. The molecular formula is C14H16BrNO2S. The Balaban J connectivity index is 1.99. The Kier molecular flexibility index (Phi) is 5.22. The number of thioether (sulfide) groups is 1. The molecule has 0 bridgehead atoms. The monoisotopic (exact) mass is 341 g/mol. The summed E-state index contributed by atoms with van der Waals surface area (Å²) in [6.45, 7) is 0.661. The summed E-state index contributed by atoms with van der Waals surface area (Å²) in [5.41, 5.74) is 0.994. The van der Waals surface area contributed by atoms with E-state index in [1.165, 1.54) is 0 Å². The summed E-state index contributed by atoms with van der Waals surface area (Å²) in [7, 11) is 1.66. The second-order valence-corrected chi connectivity index (χ2v) is 5.82. The smallest absolute Gasteiger partial charge is 0.123 e. The first-order chi connectivity index (χ1) is 9.21. The van der Waals surface area contributed by atoms with E-state index in [1.54, 1.807) is 18.9 Å². The zero-order valence-corrected chi connectivity index (χ0v) is 13.3. The molecule has 102 valence electrons. The Morgan fingerprint density at radius 3 is 2.79 bits per heavy atom. The van der Waals surface area contributed by atoms with Gasteiger partial charge in [-0.3, -0.25) is 0 Å². The normalized spacial score (nSPS) is 10.5. The number of hydrogen-bond donors (Lipinski definition) is 1. The van der Waals surface area contributed by atoms with E-state index in [0.29, 0.717) is 6.54 Å². The second kappa shape index (κ2) is 6.91. The maximum absolute atomic E-state index is 5.71. The zero-order chi connectivity index (χ0) is 13.7. The number of methoxy groups -OCH3 is 1. The van der Waals surface area contributed by atoms with Gasteiger partial charge in [-0.05, 0) is 30.5 Å². The number of ether oxygens (including phenoxy) is 1. The van der Waals surface area contributed by atoms with Gasteiger partial charge in [0.1, 0.15) is 17.3 Å². The van der Waals surface area contributed by atoms with Crippen molar-refractivity contribution in [2.24, 2.45) is 0 Å². The minimum absolute atomic E-state index is 0.661. The molecule has 0 unspecified atom stereocenters. The van der Waals surface area contributed by atoms with Gasteiger partial charge in [0.25, 0.3) is 0 Å². The summed E-state index contributed by atoms with van der Waals surface area (Å²) >= 11 is 5.21. The molecular weight excluding hydrogens is 326 g/mol. The van der Waals surface area contributed by atoms with E-state index in [9.17, 15) is 0 Å². The van der Waals surface area contributed by atoms with E-state index in [4.69, 9.17) is 9.15 Å². The molecule has 3 nitrogen and oxygen atoms in total. The molecule has 0 saturated carbocycles. The van der Waals surface area contributed by atoms with Gasteiger partial charge in [-0.15, -0.1) is 0 Å². The maximum Gasteiger partial charge on any atom is 0.123 e. The van der Waals surface area contributed by atoms with Gasteiger partial charge in [0.2, 0.25) is 0 Å². The Labute approximate surface area is 125 Å². The molecule has 0 amide bonds. The Hall–Kier alpha value is -1.07. The van der Waals surface area contributed by atoms with Gasteiger partial charge in [0.15, 0.2) is 0 Å². The summed E-state index contributed by atoms with van der Waals surface area (Å²) in [6.07, 6.45) is 2.06. The van der Waals surface area contributed by atoms with Crippen LogP contribution < -0.4 is 10.1 Å². The minimum atomic E-state index is 0.661. The second-order valence-electron chi connectivity index (χ2n) is 4.03. The first-order valence-electron chi connectivity index (χ1n) is 5.86. The molecule has 1 heterocycles. The van der Waals surface area contributed by atoms with Crippen LogP contribution in [0.25, 0.3) is 0 Å². The van der Waals surface area contributed by atoms with Crippen LogP contribution in [0.1, 0.15) is 11.5 Å². The van der Waals surface area contributed by atoms with Gasteiger partial charge in [0, 0.05) is 16.2 Å². The predicted octanol–water partition coefficient (Wildman–Crippen LogP) is 4.53. The van der Waals surface area contributed by atoms with Gasteiger partial charge in [-0.1, -0.05) is 15.9 Å². The minimum Gasteiger partial charge on any atom is -0.497 e. The lowest BCUT2D eigenvalue weighted by Crippen LogP contribution is -1.98. The Morgan fingerprint density at radius 2 is 2.05 bits per heavy atom. The van der Waals surface area contributed by atoms with Crippen LogP contribution in [-0.4, -0.2) is 13.4 Å². The van der Waals surface area contributed by atoms with E-state index in [1.807, 2.05) is 30.3 Å². The van der Waals surface area contributed by atoms with E-state index in [-0.39, 0.29) is 0 Å². The molecule has 0 saturated heterocycles. The maximum atomic E-state index is 5.71. The highest BCUT2D eigenvalue weighted by Crippen LogP contribution is 2.25. The SMILES string of the molecule is COc1cc(Br)cc(NCc2ccc(CSC)o2)c1. The highest BCUT2D eigenvalue weighted by Gasteiger charge is 2.03. The molecule has 2 aromatic rings. The van der Waals surface area contributed by atoms with Crippen LogP contribution >= 0.6 is 27.7 Å². The number of anilines is 1. The highest BCUT2D eigenvalue weighted by atomic mass is 79.9. The van der Waals surface area contributed by atoms with Gasteiger partial charge in [-0.25, -0.2) is 0 Å². The molecule has 0 spiro atoms. The first kappa shape index (κ1) is 14.3. The molecule has 0 radical (unpaired) electrons. The number of hydrogen-bond acceptors (Lipinski definition) is 4.